The highest BCUT2D eigenvalue weighted by molar-refractivity contribution is 9.10. The molecule has 1 aromatic carbocycles. The average Bonchev–Trinajstić information content (AvgIpc) is 2.45. The van der Waals surface area contributed by atoms with Gasteiger partial charge in [0.25, 0.3) is 0 Å². The maximum atomic E-state index is 6.14. The Balaban J connectivity index is 2.62. The molecule has 0 saturated carbocycles. The lowest BCUT2D eigenvalue weighted by Crippen LogP contribution is -2.22. The van der Waals surface area contributed by atoms with Crippen molar-refractivity contribution in [3.05, 3.63) is 45.9 Å². The Bertz CT molecular complexity index is 406. The third kappa shape index (κ3) is 6.43. The quantitative estimate of drug-likeness (QED) is 0.383. The molecule has 1 aromatic rings. The van der Waals surface area contributed by atoms with Crippen molar-refractivity contribution in [3.8, 4) is 0 Å². The second-order valence-corrected chi connectivity index (χ2v) is 6.39. The lowest BCUT2D eigenvalue weighted by molar-refractivity contribution is 0.471. The van der Waals surface area contributed by atoms with E-state index in [1.54, 1.807) is 0 Å². The lowest BCUT2D eigenvalue weighted by atomic mass is 9.99. The van der Waals surface area contributed by atoms with Crippen LogP contribution in [0.25, 0.3) is 0 Å². The fourth-order valence-electron chi connectivity index (χ4n) is 2.28. The van der Waals surface area contributed by atoms with Crippen molar-refractivity contribution in [1.82, 2.24) is 5.32 Å². The summed E-state index contributed by atoms with van der Waals surface area (Å²) >= 11 is 9.78. The maximum absolute atomic E-state index is 6.14. The number of unbranched alkanes of at least 4 members (excludes halogenated alkanes) is 3. The van der Waals surface area contributed by atoms with Crippen LogP contribution < -0.4 is 5.32 Å². The van der Waals surface area contributed by atoms with Crippen LogP contribution in [0.3, 0.4) is 0 Å². The van der Waals surface area contributed by atoms with E-state index < -0.39 is 0 Å². The Labute approximate surface area is 136 Å². The third-order valence-corrected chi connectivity index (χ3v) is 4.33. The molecule has 0 saturated heterocycles. The number of benzene rings is 1. The van der Waals surface area contributed by atoms with Gasteiger partial charge in [0, 0.05) is 15.5 Å². The number of rotatable bonds is 10. The molecule has 0 amide bonds. The molecular weight excluding hydrogens is 334 g/mol. The summed E-state index contributed by atoms with van der Waals surface area (Å²) in [6, 6.07) is 6.42. The third-order valence-electron chi connectivity index (χ3n) is 3.38. The van der Waals surface area contributed by atoms with Gasteiger partial charge in [0.15, 0.2) is 0 Å². The Morgan fingerprint density at radius 3 is 2.85 bits per heavy atom. The minimum Gasteiger partial charge on any atom is -0.310 e. The number of halogens is 2. The molecule has 112 valence electrons. The van der Waals surface area contributed by atoms with Crippen LogP contribution in [0.2, 0.25) is 5.02 Å². The number of nitrogens with one attached hydrogen (secondary N) is 1. The number of hydrogen-bond donors (Lipinski definition) is 1. The van der Waals surface area contributed by atoms with Gasteiger partial charge in [-0.2, -0.15) is 0 Å². The highest BCUT2D eigenvalue weighted by atomic mass is 79.9. The maximum Gasteiger partial charge on any atom is 0.0410 e. The average molecular weight is 359 g/mol. The molecule has 1 atom stereocenters. The minimum atomic E-state index is 0.381. The molecule has 1 N–H and O–H groups in total. The van der Waals surface area contributed by atoms with Crippen molar-refractivity contribution in [2.45, 2.75) is 51.5 Å². The van der Waals surface area contributed by atoms with E-state index in [0.717, 1.165) is 35.3 Å². The number of hydrogen-bond acceptors (Lipinski definition) is 1. The van der Waals surface area contributed by atoms with E-state index in [9.17, 15) is 0 Å². The summed E-state index contributed by atoms with van der Waals surface area (Å²) in [6.45, 7) is 7.00. The van der Waals surface area contributed by atoms with Crippen LogP contribution in [0.4, 0.5) is 0 Å². The van der Waals surface area contributed by atoms with Crippen molar-refractivity contribution >= 4 is 27.5 Å². The van der Waals surface area contributed by atoms with E-state index in [-0.39, 0.29) is 0 Å². The van der Waals surface area contributed by atoms with Gasteiger partial charge in [0.2, 0.25) is 0 Å². The molecule has 1 nitrogen and oxygen atoms in total. The fourth-order valence-corrected chi connectivity index (χ4v) is 2.99. The molecule has 3 heteroatoms. The van der Waals surface area contributed by atoms with Crippen LogP contribution in [-0.2, 0) is 0 Å². The standard InChI is InChI=1S/C17H25BrClN/c1-3-5-6-7-8-9-17(20-12-4-2)15-13-14(19)10-11-16(15)18/h3,10-11,13,17,20H,1,4-9,12H2,2H3. The first-order chi connectivity index (χ1) is 9.69. The highest BCUT2D eigenvalue weighted by Gasteiger charge is 2.14. The molecule has 0 bridgehead atoms. The van der Waals surface area contributed by atoms with Crippen LogP contribution >= 0.6 is 27.5 Å². The SMILES string of the molecule is C=CCCCCCC(NCCC)c1cc(Cl)ccc1Br. The van der Waals surface area contributed by atoms with Crippen molar-refractivity contribution in [1.29, 1.82) is 0 Å². The Morgan fingerprint density at radius 2 is 2.15 bits per heavy atom. The highest BCUT2D eigenvalue weighted by Crippen LogP contribution is 2.30. The molecule has 0 aliphatic rings. The Morgan fingerprint density at radius 1 is 1.35 bits per heavy atom. The Hall–Kier alpha value is -0.310. The molecule has 0 fully saturated rings. The topological polar surface area (TPSA) is 12.0 Å². The molecule has 20 heavy (non-hydrogen) atoms. The number of allylic oxidation sites excluding steroid dienone is 1. The summed E-state index contributed by atoms with van der Waals surface area (Å²) in [5.74, 6) is 0. The zero-order chi connectivity index (χ0) is 14.8. The minimum absolute atomic E-state index is 0.381. The van der Waals surface area contributed by atoms with Gasteiger partial charge in [-0.3, -0.25) is 0 Å². The largest absolute Gasteiger partial charge is 0.310 e. The van der Waals surface area contributed by atoms with Gasteiger partial charge in [-0.1, -0.05) is 53.4 Å². The van der Waals surface area contributed by atoms with E-state index in [1.165, 1.54) is 24.8 Å². The van der Waals surface area contributed by atoms with Crippen LogP contribution in [0.15, 0.2) is 35.3 Å². The first kappa shape index (κ1) is 17.7. The van der Waals surface area contributed by atoms with E-state index in [0.29, 0.717) is 6.04 Å². The summed E-state index contributed by atoms with van der Waals surface area (Å²) in [5.41, 5.74) is 1.27. The van der Waals surface area contributed by atoms with Gasteiger partial charge in [-0.15, -0.1) is 6.58 Å². The van der Waals surface area contributed by atoms with Gasteiger partial charge in [-0.25, -0.2) is 0 Å². The predicted octanol–water partition coefficient (Wildman–Crippen LogP) is 6.28. The molecule has 0 aliphatic carbocycles. The first-order valence-corrected chi connectivity index (χ1v) is 8.65. The lowest BCUT2D eigenvalue weighted by Gasteiger charge is -2.20. The first-order valence-electron chi connectivity index (χ1n) is 7.48. The molecule has 0 aliphatic heterocycles. The van der Waals surface area contributed by atoms with E-state index in [2.05, 4.69) is 40.8 Å². The summed E-state index contributed by atoms with van der Waals surface area (Å²) in [6.07, 6.45) is 9.14. The van der Waals surface area contributed by atoms with Crippen LogP contribution in [0.1, 0.15) is 57.1 Å². The molecule has 1 unspecified atom stereocenters. The molecule has 1 rings (SSSR count). The summed E-state index contributed by atoms with van der Waals surface area (Å²) in [7, 11) is 0. The zero-order valence-corrected chi connectivity index (χ0v) is 14.6. The molecule has 0 heterocycles. The van der Waals surface area contributed by atoms with Crippen molar-refractivity contribution in [2.75, 3.05) is 6.54 Å². The smallest absolute Gasteiger partial charge is 0.0410 e. The predicted molar refractivity (Wildman–Crippen MR) is 93.5 cm³/mol. The summed E-state index contributed by atoms with van der Waals surface area (Å²) < 4.78 is 1.14. The van der Waals surface area contributed by atoms with Crippen molar-refractivity contribution in [2.24, 2.45) is 0 Å². The second kappa shape index (κ2) is 10.4. The van der Waals surface area contributed by atoms with Gasteiger partial charge in [-0.05, 0) is 56.0 Å². The van der Waals surface area contributed by atoms with E-state index >= 15 is 0 Å². The van der Waals surface area contributed by atoms with Gasteiger partial charge in [0.05, 0.1) is 0 Å². The van der Waals surface area contributed by atoms with Gasteiger partial charge >= 0.3 is 0 Å². The van der Waals surface area contributed by atoms with Crippen molar-refractivity contribution < 1.29 is 0 Å². The van der Waals surface area contributed by atoms with E-state index in [4.69, 9.17) is 11.6 Å². The second-order valence-electron chi connectivity index (χ2n) is 5.10. The monoisotopic (exact) mass is 357 g/mol. The van der Waals surface area contributed by atoms with E-state index in [1.807, 2.05) is 18.2 Å². The normalized spacial score (nSPS) is 12.3. The Kier molecular flexibility index (Phi) is 9.24. The summed E-state index contributed by atoms with van der Waals surface area (Å²) in [5, 5.41) is 4.44. The van der Waals surface area contributed by atoms with Crippen LogP contribution in [0.5, 0.6) is 0 Å². The molecular formula is C17H25BrClN. The van der Waals surface area contributed by atoms with Gasteiger partial charge in [0.1, 0.15) is 0 Å². The summed E-state index contributed by atoms with van der Waals surface area (Å²) in [4.78, 5) is 0. The van der Waals surface area contributed by atoms with Gasteiger partial charge < -0.3 is 5.32 Å². The molecule has 0 aromatic heterocycles. The van der Waals surface area contributed by atoms with Crippen LogP contribution in [0, 0.1) is 0 Å². The fraction of sp³-hybridized carbons (Fsp3) is 0.529. The molecule has 0 radical (unpaired) electrons. The zero-order valence-electron chi connectivity index (χ0n) is 12.3. The molecule has 0 spiro atoms. The van der Waals surface area contributed by atoms with Crippen LogP contribution in [-0.4, -0.2) is 6.54 Å². The van der Waals surface area contributed by atoms with Crippen molar-refractivity contribution in [3.63, 3.8) is 0 Å².